The molecule has 0 radical (unpaired) electrons. The molecule has 0 spiro atoms. The molecule has 0 heterocycles. The van der Waals surface area contributed by atoms with Crippen LogP contribution < -0.4 is 0 Å². The smallest absolute Gasteiger partial charge is 0.0470 e. The molecule has 2 unspecified atom stereocenters. The fourth-order valence-corrected chi connectivity index (χ4v) is 5.33. The molecule has 0 saturated heterocycles. The molecular weight excluding hydrogens is 313 g/mol. The summed E-state index contributed by atoms with van der Waals surface area (Å²) >= 11 is 19.1. The molecule has 0 aromatic rings. The van der Waals surface area contributed by atoms with Crippen LogP contribution in [0.3, 0.4) is 0 Å². The van der Waals surface area contributed by atoms with Gasteiger partial charge in [-0.2, -0.15) is 61.4 Å². The van der Waals surface area contributed by atoms with Crippen LogP contribution in [-0.4, -0.2) is 44.3 Å². The summed E-state index contributed by atoms with van der Waals surface area (Å²) in [6, 6.07) is 0. The van der Waals surface area contributed by atoms with Crippen molar-refractivity contribution >= 4 is 73.2 Å². The van der Waals surface area contributed by atoms with Crippen LogP contribution in [0.2, 0.25) is 0 Å². The molecule has 0 saturated carbocycles. The van der Waals surface area contributed by atoms with Crippen LogP contribution in [0.5, 0.6) is 0 Å². The maximum Gasteiger partial charge on any atom is 0.0470 e. The second-order valence-electron chi connectivity index (χ2n) is 3.21. The molecule has 0 nitrogen and oxygen atoms in total. The highest BCUT2D eigenvalue weighted by molar-refractivity contribution is 8.11. The highest BCUT2D eigenvalue weighted by atomic mass is 32.2. The van der Waals surface area contributed by atoms with Gasteiger partial charge in [0.25, 0.3) is 0 Å². The van der Waals surface area contributed by atoms with Crippen molar-refractivity contribution in [3.05, 3.63) is 0 Å². The normalized spacial score (nSPS) is 15.0. The Hall–Kier alpha value is 2.10. The Kier molecular flexibility index (Phi) is 15.3. The predicted octanol–water partition coefficient (Wildman–Crippen LogP) is 4.08. The van der Waals surface area contributed by atoms with Crippen LogP contribution in [0.15, 0.2) is 0 Å². The molecule has 98 valence electrons. The van der Waals surface area contributed by atoms with Gasteiger partial charge in [-0.05, 0) is 12.2 Å². The monoisotopic (exact) mass is 334 g/mol. The number of rotatable bonds is 11. The molecule has 0 rings (SSSR count). The van der Waals surface area contributed by atoms with Crippen LogP contribution >= 0.6 is 73.2 Å². The average Bonchev–Trinajstić information content (AvgIpc) is 2.32. The summed E-state index contributed by atoms with van der Waals surface area (Å²) in [5.74, 6) is 6.73. The van der Waals surface area contributed by atoms with Gasteiger partial charge in [0, 0.05) is 38.6 Å². The first-order valence-corrected chi connectivity index (χ1v) is 10.5. The van der Waals surface area contributed by atoms with Crippen molar-refractivity contribution in [2.45, 2.75) is 23.2 Å². The van der Waals surface area contributed by atoms with Gasteiger partial charge in [0.05, 0.1) is 0 Å². The number of thiol groups is 3. The van der Waals surface area contributed by atoms with E-state index in [1.54, 1.807) is 0 Å². The zero-order valence-corrected chi connectivity index (χ0v) is 14.8. The van der Waals surface area contributed by atoms with Crippen molar-refractivity contribution in [1.29, 1.82) is 0 Å². The molecule has 0 aliphatic rings. The van der Waals surface area contributed by atoms with Gasteiger partial charge in [-0.25, -0.2) is 0 Å². The maximum atomic E-state index is 4.47. The molecule has 0 amide bonds. The van der Waals surface area contributed by atoms with Crippen LogP contribution in [0.25, 0.3) is 0 Å². The van der Waals surface area contributed by atoms with Gasteiger partial charge >= 0.3 is 0 Å². The van der Waals surface area contributed by atoms with E-state index in [2.05, 4.69) is 44.8 Å². The summed E-state index contributed by atoms with van der Waals surface area (Å²) in [5.41, 5.74) is 0. The molecule has 2 atom stereocenters. The van der Waals surface area contributed by atoms with Crippen LogP contribution in [0.4, 0.5) is 0 Å². The largest absolute Gasteiger partial charge is 0.179 e. The van der Waals surface area contributed by atoms with Crippen molar-refractivity contribution in [1.82, 2.24) is 0 Å². The van der Waals surface area contributed by atoms with E-state index in [4.69, 9.17) is 0 Å². The highest BCUT2D eigenvalue weighted by Gasteiger charge is 2.07. The van der Waals surface area contributed by atoms with Gasteiger partial charge in [-0.15, -0.1) is 11.8 Å². The van der Waals surface area contributed by atoms with E-state index in [0.29, 0.717) is 9.83 Å². The molecule has 0 aliphatic heterocycles. The van der Waals surface area contributed by atoms with Crippen molar-refractivity contribution in [2.24, 2.45) is 0 Å². The summed E-state index contributed by atoms with van der Waals surface area (Å²) in [7, 11) is 0. The lowest BCUT2D eigenvalue weighted by Crippen LogP contribution is -2.10. The number of hydrogen-bond donors (Lipinski definition) is 3. The first-order chi connectivity index (χ1) is 7.74. The Morgan fingerprint density at radius 2 is 1.81 bits per heavy atom. The first kappa shape index (κ1) is 18.1. The molecule has 0 aromatic carbocycles. The number of thioether (sulfide) groups is 3. The molecule has 0 bridgehead atoms. The third-order valence-corrected chi connectivity index (χ3v) is 7.87. The van der Waals surface area contributed by atoms with Crippen LogP contribution in [-0.2, 0) is 0 Å². The minimum Gasteiger partial charge on any atom is -0.179 e. The minimum atomic E-state index is 0.514. The van der Waals surface area contributed by atoms with Crippen LogP contribution in [0, 0.1) is 0 Å². The first-order valence-electron chi connectivity index (χ1n) is 5.45. The molecule has 0 fully saturated rings. The topological polar surface area (TPSA) is 0 Å². The molecule has 0 N–H and O–H groups in total. The average molecular weight is 335 g/mol. The van der Waals surface area contributed by atoms with Gasteiger partial charge in [0.15, 0.2) is 0 Å². The fourth-order valence-electron chi connectivity index (χ4n) is 0.949. The van der Waals surface area contributed by atoms with Crippen molar-refractivity contribution in [2.75, 3.05) is 34.5 Å². The van der Waals surface area contributed by atoms with E-state index in [1.165, 1.54) is 17.3 Å². The zero-order chi connectivity index (χ0) is 12.2. The Balaban J connectivity index is 3.33. The summed E-state index contributed by atoms with van der Waals surface area (Å²) in [6.45, 7) is 2.18. The Morgan fingerprint density at radius 1 is 1.06 bits per heavy atom. The third-order valence-electron chi connectivity index (χ3n) is 1.84. The molecule has 6 heteroatoms. The Labute approximate surface area is 130 Å². The van der Waals surface area contributed by atoms with Gasteiger partial charge in [0.1, 0.15) is 0 Å². The second-order valence-corrected chi connectivity index (χ2v) is 8.86. The molecule has 16 heavy (non-hydrogen) atoms. The standard InChI is InChI=1S/C10H22S6/c1-2-10(13)16-6-5-14-8-9(7-12)15-4-3-11/h9-13H,2-8H2,1H3. The van der Waals surface area contributed by atoms with E-state index < -0.39 is 0 Å². The van der Waals surface area contributed by atoms with E-state index in [-0.39, 0.29) is 0 Å². The van der Waals surface area contributed by atoms with Gasteiger partial charge in [0.2, 0.25) is 0 Å². The van der Waals surface area contributed by atoms with Gasteiger partial charge in [-0.3, -0.25) is 0 Å². The van der Waals surface area contributed by atoms with E-state index >= 15 is 0 Å². The molecular formula is C10H22S6. The third kappa shape index (κ3) is 11.2. The minimum absolute atomic E-state index is 0.514. The molecule has 0 aliphatic carbocycles. The quantitative estimate of drug-likeness (QED) is 0.296. The van der Waals surface area contributed by atoms with Crippen molar-refractivity contribution in [3.8, 4) is 0 Å². The van der Waals surface area contributed by atoms with E-state index in [1.807, 2.05) is 35.3 Å². The summed E-state index contributed by atoms with van der Waals surface area (Å²) in [5, 5.41) is 0.684. The lowest BCUT2D eigenvalue weighted by Gasteiger charge is -2.13. The van der Waals surface area contributed by atoms with Crippen molar-refractivity contribution in [3.63, 3.8) is 0 Å². The summed E-state index contributed by atoms with van der Waals surface area (Å²) in [4.78, 5) is 0. The fraction of sp³-hybridized carbons (Fsp3) is 1.00. The Bertz CT molecular complexity index is 143. The lowest BCUT2D eigenvalue weighted by atomic mass is 10.5. The highest BCUT2D eigenvalue weighted by Crippen LogP contribution is 2.22. The van der Waals surface area contributed by atoms with E-state index in [9.17, 15) is 0 Å². The Morgan fingerprint density at radius 3 is 2.38 bits per heavy atom. The van der Waals surface area contributed by atoms with Crippen molar-refractivity contribution < 1.29 is 0 Å². The van der Waals surface area contributed by atoms with Crippen LogP contribution in [0.1, 0.15) is 13.3 Å². The maximum absolute atomic E-state index is 4.47. The zero-order valence-electron chi connectivity index (χ0n) is 9.67. The second kappa shape index (κ2) is 13.5. The predicted molar refractivity (Wildman–Crippen MR) is 96.8 cm³/mol. The summed E-state index contributed by atoms with van der Waals surface area (Å²) < 4.78 is 0.514. The van der Waals surface area contributed by atoms with Gasteiger partial charge in [-0.1, -0.05) is 6.92 Å². The summed E-state index contributed by atoms with van der Waals surface area (Å²) in [6.07, 6.45) is 1.15. The SMILES string of the molecule is CCC(S)SCCSCC(CS)SCCS. The van der Waals surface area contributed by atoms with E-state index in [0.717, 1.165) is 23.7 Å². The number of hydrogen-bond acceptors (Lipinski definition) is 6. The lowest BCUT2D eigenvalue weighted by molar-refractivity contribution is 1.06. The molecule has 0 aromatic heterocycles. The van der Waals surface area contributed by atoms with Gasteiger partial charge < -0.3 is 0 Å².